The number of hydrogen-bond acceptors (Lipinski definition) is 3. The summed E-state index contributed by atoms with van der Waals surface area (Å²) in [6, 6.07) is 7.80. The van der Waals surface area contributed by atoms with Gasteiger partial charge in [0.05, 0.1) is 6.54 Å². The summed E-state index contributed by atoms with van der Waals surface area (Å²) in [5, 5.41) is 8.05. The summed E-state index contributed by atoms with van der Waals surface area (Å²) in [6.45, 7) is 1.32. The summed E-state index contributed by atoms with van der Waals surface area (Å²) < 4.78 is 1.74. The van der Waals surface area contributed by atoms with Crippen molar-refractivity contribution in [3.8, 4) is 0 Å². The lowest BCUT2D eigenvalue weighted by molar-refractivity contribution is 0.474. The zero-order chi connectivity index (χ0) is 15.2. The van der Waals surface area contributed by atoms with Crippen molar-refractivity contribution in [1.29, 1.82) is 0 Å². The van der Waals surface area contributed by atoms with Crippen molar-refractivity contribution in [2.45, 2.75) is 13.1 Å². The molecule has 112 valence electrons. The van der Waals surface area contributed by atoms with Gasteiger partial charge in [0.2, 0.25) is 0 Å². The molecular weight excluding hydrogens is 288 g/mol. The third-order valence-corrected chi connectivity index (χ3v) is 3.37. The van der Waals surface area contributed by atoms with E-state index in [0.29, 0.717) is 6.54 Å². The van der Waals surface area contributed by atoms with Crippen molar-refractivity contribution in [2.75, 3.05) is 14.1 Å². The van der Waals surface area contributed by atoms with Crippen LogP contribution in [0.5, 0.6) is 0 Å². The van der Waals surface area contributed by atoms with Gasteiger partial charge in [-0.1, -0.05) is 23.7 Å². The molecule has 6 nitrogen and oxygen atoms in total. The molecule has 0 aliphatic carbocycles. The van der Waals surface area contributed by atoms with Crippen LogP contribution in [0.4, 0.5) is 0 Å². The highest BCUT2D eigenvalue weighted by Crippen LogP contribution is 2.11. The minimum absolute atomic E-state index is 0.578. The van der Waals surface area contributed by atoms with E-state index < -0.39 is 0 Å². The second-order valence-electron chi connectivity index (χ2n) is 4.68. The molecule has 2 aromatic rings. The van der Waals surface area contributed by atoms with E-state index in [2.05, 4.69) is 20.4 Å². The largest absolute Gasteiger partial charge is 0.349 e. The van der Waals surface area contributed by atoms with Gasteiger partial charge >= 0.3 is 0 Å². The predicted molar refractivity (Wildman–Crippen MR) is 84.1 cm³/mol. The summed E-state index contributed by atoms with van der Waals surface area (Å²) in [6.07, 6.45) is 1.54. The quantitative estimate of drug-likeness (QED) is 0.690. The van der Waals surface area contributed by atoms with E-state index in [-0.39, 0.29) is 0 Å². The highest BCUT2D eigenvalue weighted by Gasteiger charge is 2.08. The van der Waals surface area contributed by atoms with Gasteiger partial charge in [0, 0.05) is 32.7 Å². The highest BCUT2D eigenvalue weighted by atomic mass is 35.5. The molecular formula is C14H19ClN6. The molecule has 7 heteroatoms. The van der Waals surface area contributed by atoms with Crippen LogP contribution in [0.2, 0.25) is 5.02 Å². The lowest BCUT2D eigenvalue weighted by Crippen LogP contribution is -2.38. The Morgan fingerprint density at radius 3 is 2.67 bits per heavy atom. The predicted octanol–water partition coefficient (Wildman–Crippen LogP) is 1.68. The number of hydrogen-bond donors (Lipinski definition) is 1. The van der Waals surface area contributed by atoms with Crippen LogP contribution in [-0.2, 0) is 20.1 Å². The lowest BCUT2D eigenvalue weighted by atomic mass is 10.2. The van der Waals surface area contributed by atoms with Gasteiger partial charge < -0.3 is 10.2 Å². The van der Waals surface area contributed by atoms with Crippen LogP contribution in [0.3, 0.4) is 0 Å². The van der Waals surface area contributed by atoms with E-state index in [1.54, 1.807) is 11.7 Å². The van der Waals surface area contributed by atoms with Crippen LogP contribution in [0.15, 0.2) is 35.6 Å². The van der Waals surface area contributed by atoms with Crippen LogP contribution >= 0.6 is 11.6 Å². The zero-order valence-electron chi connectivity index (χ0n) is 12.4. The fourth-order valence-electron chi connectivity index (χ4n) is 1.96. The molecule has 0 saturated carbocycles. The van der Waals surface area contributed by atoms with E-state index in [1.807, 2.05) is 43.3 Å². The minimum atomic E-state index is 0.578. The summed E-state index contributed by atoms with van der Waals surface area (Å²) >= 11 is 5.89. The Kier molecular flexibility index (Phi) is 5.16. The molecule has 1 N–H and O–H groups in total. The molecule has 0 aliphatic heterocycles. The molecule has 0 unspecified atom stereocenters. The Bertz CT molecular complexity index is 604. The average Bonchev–Trinajstić information content (AvgIpc) is 2.88. The smallest absolute Gasteiger partial charge is 0.194 e. The molecule has 0 fully saturated rings. The van der Waals surface area contributed by atoms with Gasteiger partial charge in [-0.25, -0.2) is 4.98 Å². The average molecular weight is 307 g/mol. The molecule has 0 amide bonds. The number of benzene rings is 1. The maximum atomic E-state index is 5.89. The number of guanidine groups is 1. The highest BCUT2D eigenvalue weighted by molar-refractivity contribution is 6.30. The second-order valence-corrected chi connectivity index (χ2v) is 5.12. The Hall–Kier alpha value is -2.08. The van der Waals surface area contributed by atoms with Gasteiger partial charge in [0.15, 0.2) is 5.96 Å². The topological polar surface area (TPSA) is 58.3 Å². The monoisotopic (exact) mass is 306 g/mol. The molecule has 1 aromatic carbocycles. The first-order valence-corrected chi connectivity index (χ1v) is 6.97. The number of aryl methyl sites for hydroxylation is 1. The number of halogens is 1. The normalized spacial score (nSPS) is 11.5. The van der Waals surface area contributed by atoms with E-state index in [1.165, 1.54) is 11.9 Å². The zero-order valence-corrected chi connectivity index (χ0v) is 13.2. The van der Waals surface area contributed by atoms with Gasteiger partial charge in [-0.3, -0.25) is 9.67 Å². The first-order chi connectivity index (χ1) is 10.1. The number of nitrogens with one attached hydrogen (secondary N) is 1. The maximum absolute atomic E-state index is 5.89. The molecule has 0 bridgehead atoms. The van der Waals surface area contributed by atoms with Gasteiger partial charge in [-0.2, -0.15) is 5.10 Å². The van der Waals surface area contributed by atoms with Crippen molar-refractivity contribution < 1.29 is 0 Å². The van der Waals surface area contributed by atoms with Crippen molar-refractivity contribution in [2.24, 2.45) is 12.0 Å². The molecule has 0 spiro atoms. The third-order valence-electron chi connectivity index (χ3n) is 3.12. The Labute approximate surface area is 129 Å². The van der Waals surface area contributed by atoms with Crippen molar-refractivity contribution in [3.63, 3.8) is 0 Å². The van der Waals surface area contributed by atoms with Gasteiger partial charge in [0.25, 0.3) is 0 Å². The molecule has 0 aliphatic rings. The fourth-order valence-corrected chi connectivity index (χ4v) is 2.09. The standard InChI is InChI=1S/C14H19ClN6/c1-16-14(17-8-13-18-10-19-21(13)3)20(2)9-11-4-6-12(15)7-5-11/h4-7,10H,8-9H2,1-3H3,(H,16,17). The number of aliphatic imine (C=N–C) groups is 1. The summed E-state index contributed by atoms with van der Waals surface area (Å²) in [5.41, 5.74) is 1.17. The third kappa shape index (κ3) is 4.19. The molecule has 0 saturated heterocycles. The number of aromatic nitrogens is 3. The number of nitrogens with zero attached hydrogens (tertiary/aromatic N) is 5. The first-order valence-electron chi connectivity index (χ1n) is 6.59. The van der Waals surface area contributed by atoms with E-state index in [9.17, 15) is 0 Å². The SMILES string of the molecule is CN=C(NCc1ncnn1C)N(C)Cc1ccc(Cl)cc1. The van der Waals surface area contributed by atoms with Crippen LogP contribution in [-0.4, -0.2) is 39.7 Å². The Balaban J connectivity index is 1.94. The van der Waals surface area contributed by atoms with Crippen LogP contribution in [0.1, 0.15) is 11.4 Å². The fraction of sp³-hybridized carbons (Fsp3) is 0.357. The molecule has 0 radical (unpaired) electrons. The molecule has 2 rings (SSSR count). The van der Waals surface area contributed by atoms with E-state index in [4.69, 9.17) is 11.6 Å². The maximum Gasteiger partial charge on any atom is 0.194 e. The Morgan fingerprint density at radius 2 is 2.10 bits per heavy atom. The van der Waals surface area contributed by atoms with Crippen LogP contribution in [0.25, 0.3) is 0 Å². The van der Waals surface area contributed by atoms with Crippen molar-refractivity contribution >= 4 is 17.6 Å². The number of rotatable bonds is 4. The second kappa shape index (κ2) is 7.08. The molecule has 1 aromatic heterocycles. The van der Waals surface area contributed by atoms with Gasteiger partial charge in [0.1, 0.15) is 12.2 Å². The van der Waals surface area contributed by atoms with Crippen molar-refractivity contribution in [1.82, 2.24) is 25.0 Å². The Morgan fingerprint density at radius 1 is 1.38 bits per heavy atom. The summed E-state index contributed by atoms with van der Waals surface area (Å²) in [5.74, 6) is 1.66. The first kappa shape index (κ1) is 15.3. The van der Waals surface area contributed by atoms with Gasteiger partial charge in [-0.05, 0) is 17.7 Å². The molecule has 1 heterocycles. The minimum Gasteiger partial charge on any atom is -0.349 e. The van der Waals surface area contributed by atoms with Crippen molar-refractivity contribution in [3.05, 3.63) is 47.0 Å². The van der Waals surface area contributed by atoms with Gasteiger partial charge in [-0.15, -0.1) is 0 Å². The summed E-state index contributed by atoms with van der Waals surface area (Å²) in [4.78, 5) is 10.5. The van der Waals surface area contributed by atoms with E-state index in [0.717, 1.165) is 23.4 Å². The molecule has 0 atom stereocenters. The summed E-state index contributed by atoms with van der Waals surface area (Å²) in [7, 11) is 5.61. The van der Waals surface area contributed by atoms with E-state index >= 15 is 0 Å². The van der Waals surface area contributed by atoms with Crippen LogP contribution < -0.4 is 5.32 Å². The molecule has 21 heavy (non-hydrogen) atoms. The lowest BCUT2D eigenvalue weighted by Gasteiger charge is -2.22. The van der Waals surface area contributed by atoms with Crippen LogP contribution in [0, 0.1) is 0 Å².